The van der Waals surface area contributed by atoms with Crippen LogP contribution in [0.3, 0.4) is 0 Å². The van der Waals surface area contributed by atoms with Crippen molar-refractivity contribution in [2.24, 2.45) is 28.6 Å². The van der Waals surface area contributed by atoms with Gasteiger partial charge in [-0.05, 0) is 68.3 Å². The number of methoxy groups -OCH3 is 1. The van der Waals surface area contributed by atoms with E-state index >= 15 is 0 Å². The summed E-state index contributed by atoms with van der Waals surface area (Å²) in [6.45, 7) is 5.87. The second kappa shape index (κ2) is 8.81. The van der Waals surface area contributed by atoms with Crippen LogP contribution in [0.2, 0.25) is 0 Å². The lowest BCUT2D eigenvalue weighted by Crippen LogP contribution is -2.75. The Hall–Kier alpha value is -1.40. The van der Waals surface area contributed by atoms with Gasteiger partial charge < -0.3 is 39.0 Å². The van der Waals surface area contributed by atoms with Gasteiger partial charge in [-0.1, -0.05) is 13.8 Å². The van der Waals surface area contributed by atoms with Gasteiger partial charge in [0.15, 0.2) is 12.1 Å². The fourth-order valence-electron chi connectivity index (χ4n) is 10.2. The Kier molecular flexibility index (Phi) is 6.04. The van der Waals surface area contributed by atoms with E-state index in [1.54, 1.807) is 14.0 Å². The van der Waals surface area contributed by atoms with Crippen LogP contribution in [0, 0.1) is 28.6 Å². The van der Waals surface area contributed by atoms with Gasteiger partial charge in [0.1, 0.15) is 30.0 Å². The number of hydrogen-bond acceptors (Lipinski definition) is 10. The van der Waals surface area contributed by atoms with Crippen LogP contribution in [0.25, 0.3) is 0 Å². The molecular formula is C30H42O10. The summed E-state index contributed by atoms with van der Waals surface area (Å²) in [5.74, 6) is -1.51. The zero-order valence-corrected chi connectivity index (χ0v) is 23.7. The first-order valence-corrected chi connectivity index (χ1v) is 14.9. The van der Waals surface area contributed by atoms with Crippen molar-refractivity contribution < 1.29 is 48.6 Å². The molecular weight excluding hydrogens is 520 g/mol. The highest BCUT2D eigenvalue weighted by molar-refractivity contribution is 5.92. The fraction of sp³-hybridized carbons (Fsp3) is 0.867. The van der Waals surface area contributed by atoms with Crippen molar-refractivity contribution in [3.05, 3.63) is 11.6 Å². The van der Waals surface area contributed by atoms with E-state index in [9.17, 15) is 24.9 Å². The summed E-state index contributed by atoms with van der Waals surface area (Å²) in [5.41, 5.74) is -3.32. The SMILES string of the molecule is CO[C@@H]1C[C@H](O[C@@H]2CC[C@@]3(C)[C@@H](C2)C[C@H]2O[C@]24[C@@H]3C(=O)[C@H](O)[C@]2(C)[C@@H](C3=CC(=O)OC3)CC[C@]24O)O[C@H](C)[C@H]1O. The predicted molar refractivity (Wildman–Crippen MR) is 138 cm³/mol. The number of carbonyl (C=O) groups excluding carboxylic acids is 2. The van der Waals surface area contributed by atoms with Gasteiger partial charge in [-0.15, -0.1) is 0 Å². The Morgan fingerprint density at radius 1 is 1.07 bits per heavy atom. The molecule has 14 atom stereocenters. The number of rotatable bonds is 4. The van der Waals surface area contributed by atoms with Gasteiger partial charge >= 0.3 is 5.97 Å². The van der Waals surface area contributed by atoms with Gasteiger partial charge in [-0.2, -0.15) is 0 Å². The maximum atomic E-state index is 14.3. The van der Waals surface area contributed by atoms with Crippen molar-refractivity contribution >= 4 is 11.8 Å². The van der Waals surface area contributed by atoms with Gasteiger partial charge in [0.05, 0.1) is 30.3 Å². The lowest BCUT2D eigenvalue weighted by Gasteiger charge is -2.62. The van der Waals surface area contributed by atoms with Gasteiger partial charge in [0, 0.05) is 25.0 Å². The molecule has 4 aliphatic carbocycles. The summed E-state index contributed by atoms with van der Waals surface area (Å²) < 4.78 is 29.5. The lowest BCUT2D eigenvalue weighted by molar-refractivity contribution is -0.272. The largest absolute Gasteiger partial charge is 0.458 e. The number of ketones is 1. The Labute approximate surface area is 234 Å². The molecule has 222 valence electrons. The Bertz CT molecular complexity index is 1140. The second-order valence-corrected chi connectivity index (χ2v) is 13.9. The number of carbonyl (C=O) groups is 2. The molecule has 40 heavy (non-hydrogen) atoms. The number of hydrogen-bond donors (Lipinski definition) is 3. The standard InChI is InChI=1S/C30H42O10/c1-14-23(32)19(36-4)12-22(38-14)39-17-5-7-27(2)16(10-17)11-20-30(40-20)25(27)24(33)26(34)28(3)18(6-8-29(28,30)35)15-9-21(31)37-13-15/h9,14,16-20,22-23,25-26,32,34-35H,5-8,10-13H2,1-4H3/t14-,16+,17-,18-,19-,20-,22+,23-,25-,26+,27+,28+,29+,30+/m1/s1. The highest BCUT2D eigenvalue weighted by atomic mass is 16.7. The summed E-state index contributed by atoms with van der Waals surface area (Å²) in [6, 6.07) is 0. The third-order valence-electron chi connectivity index (χ3n) is 12.4. The topological polar surface area (TPSA) is 144 Å². The Morgan fingerprint density at radius 3 is 2.55 bits per heavy atom. The fourth-order valence-corrected chi connectivity index (χ4v) is 10.2. The van der Waals surface area contributed by atoms with Gasteiger partial charge in [0.25, 0.3) is 0 Å². The molecule has 0 bridgehead atoms. The first-order valence-electron chi connectivity index (χ1n) is 14.9. The van der Waals surface area contributed by atoms with E-state index in [4.69, 9.17) is 23.7 Å². The molecule has 0 radical (unpaired) electrons. The maximum Gasteiger partial charge on any atom is 0.331 e. The number of ether oxygens (including phenoxy) is 5. The third kappa shape index (κ3) is 3.30. The normalized spacial score (nSPS) is 56.9. The molecule has 6 fully saturated rings. The van der Waals surface area contributed by atoms with Crippen molar-refractivity contribution in [1.82, 2.24) is 0 Å². The lowest BCUT2D eigenvalue weighted by atomic mass is 9.41. The molecule has 3 aliphatic heterocycles. The van der Waals surface area contributed by atoms with Gasteiger partial charge in [-0.3, -0.25) is 4.79 Å². The summed E-state index contributed by atoms with van der Waals surface area (Å²) in [6.07, 6.45) is 2.05. The molecule has 7 rings (SSSR count). The summed E-state index contributed by atoms with van der Waals surface area (Å²) >= 11 is 0. The number of Topliss-reactive ketones (excluding diaryl/α,β-unsaturated/α-hetero) is 1. The van der Waals surface area contributed by atoms with Crippen LogP contribution in [-0.4, -0.2) is 94.9 Å². The first-order chi connectivity index (χ1) is 18.9. The molecule has 3 N–H and O–H groups in total. The molecule has 7 aliphatic rings. The average Bonchev–Trinajstić information content (AvgIpc) is 3.36. The van der Waals surface area contributed by atoms with E-state index < -0.39 is 58.5 Å². The van der Waals surface area contributed by atoms with Gasteiger partial charge in [0.2, 0.25) is 0 Å². The average molecular weight is 563 g/mol. The number of aliphatic hydroxyl groups excluding tert-OH is 2. The van der Waals surface area contributed by atoms with E-state index in [-0.39, 0.29) is 42.5 Å². The molecule has 10 heteroatoms. The van der Waals surface area contributed by atoms with Crippen molar-refractivity contribution in [3.63, 3.8) is 0 Å². The van der Waals surface area contributed by atoms with Crippen molar-refractivity contribution in [2.45, 2.75) is 120 Å². The minimum atomic E-state index is -1.40. The summed E-state index contributed by atoms with van der Waals surface area (Å²) in [4.78, 5) is 26.1. The van der Waals surface area contributed by atoms with Crippen LogP contribution in [0.1, 0.15) is 65.7 Å². The minimum absolute atomic E-state index is 0.0751. The Balaban J connectivity index is 1.14. The molecule has 0 unspecified atom stereocenters. The number of fused-ring (bicyclic) bond motifs is 3. The number of epoxide rings is 1. The molecule has 10 nitrogen and oxygen atoms in total. The van der Waals surface area contributed by atoms with E-state index in [1.807, 2.05) is 6.92 Å². The molecule has 0 aromatic carbocycles. The molecule has 0 amide bonds. The monoisotopic (exact) mass is 562 g/mol. The van der Waals surface area contributed by atoms with Crippen molar-refractivity contribution in [2.75, 3.05) is 13.7 Å². The van der Waals surface area contributed by atoms with Crippen LogP contribution >= 0.6 is 0 Å². The minimum Gasteiger partial charge on any atom is -0.458 e. The van der Waals surface area contributed by atoms with Gasteiger partial charge in [-0.25, -0.2) is 4.79 Å². The Morgan fingerprint density at radius 2 is 1.85 bits per heavy atom. The third-order valence-corrected chi connectivity index (χ3v) is 12.4. The second-order valence-electron chi connectivity index (χ2n) is 13.9. The van der Waals surface area contributed by atoms with Crippen molar-refractivity contribution in [3.8, 4) is 0 Å². The number of aliphatic hydroxyl groups is 3. The first kappa shape index (κ1) is 27.4. The molecule has 2 saturated heterocycles. The quantitative estimate of drug-likeness (QED) is 0.261. The molecule has 1 spiro atoms. The number of cyclic esters (lactones) is 1. The van der Waals surface area contributed by atoms with Crippen LogP contribution in [0.15, 0.2) is 11.6 Å². The van der Waals surface area contributed by atoms with E-state index in [0.717, 1.165) is 12.0 Å². The molecule has 4 saturated carbocycles. The highest BCUT2D eigenvalue weighted by Gasteiger charge is 2.88. The van der Waals surface area contributed by atoms with E-state index in [0.29, 0.717) is 38.5 Å². The van der Waals surface area contributed by atoms with Crippen LogP contribution in [0.5, 0.6) is 0 Å². The summed E-state index contributed by atoms with van der Waals surface area (Å²) in [5, 5.41) is 34.6. The van der Waals surface area contributed by atoms with Crippen LogP contribution < -0.4 is 0 Å². The zero-order chi connectivity index (χ0) is 28.4. The zero-order valence-electron chi connectivity index (χ0n) is 23.7. The maximum absolute atomic E-state index is 14.3. The smallest absolute Gasteiger partial charge is 0.331 e. The van der Waals surface area contributed by atoms with Crippen molar-refractivity contribution in [1.29, 1.82) is 0 Å². The molecule has 0 aromatic rings. The molecule has 0 aromatic heterocycles. The highest BCUT2D eigenvalue weighted by Crippen LogP contribution is 2.76. The van der Waals surface area contributed by atoms with Crippen LogP contribution in [-0.2, 0) is 33.3 Å². The van der Waals surface area contributed by atoms with E-state index in [1.165, 1.54) is 6.08 Å². The molecule has 3 heterocycles. The number of esters is 1. The predicted octanol–water partition coefficient (Wildman–Crippen LogP) is 1.42. The van der Waals surface area contributed by atoms with E-state index in [2.05, 4.69) is 6.92 Å². The van der Waals surface area contributed by atoms with Crippen LogP contribution in [0.4, 0.5) is 0 Å². The summed E-state index contributed by atoms with van der Waals surface area (Å²) in [7, 11) is 1.58.